The molecule has 0 aromatic rings. The van der Waals surface area contributed by atoms with E-state index in [1.165, 1.54) is 0 Å². The third-order valence-electron chi connectivity index (χ3n) is 4.21. The maximum atomic E-state index is 12.1. The zero-order valence-corrected chi connectivity index (χ0v) is 11.7. The zero-order valence-electron chi connectivity index (χ0n) is 11.7. The van der Waals surface area contributed by atoms with E-state index in [9.17, 15) is 14.4 Å². The smallest absolute Gasteiger partial charge is 0.305 e. The maximum Gasteiger partial charge on any atom is 0.305 e. The monoisotopic (exact) mass is 282 g/mol. The van der Waals surface area contributed by atoms with Gasteiger partial charge in [-0.25, -0.2) is 0 Å². The minimum atomic E-state index is -0.893. The third kappa shape index (κ3) is 3.71. The van der Waals surface area contributed by atoms with Gasteiger partial charge in [0, 0.05) is 13.0 Å². The van der Waals surface area contributed by atoms with E-state index in [0.717, 1.165) is 25.7 Å². The Morgan fingerprint density at radius 3 is 2.55 bits per heavy atom. The number of nitrogens with one attached hydrogen (secondary N) is 1. The summed E-state index contributed by atoms with van der Waals surface area (Å²) in [5, 5.41) is 11.7. The molecule has 1 saturated heterocycles. The summed E-state index contributed by atoms with van der Waals surface area (Å²) < 4.78 is 0. The summed E-state index contributed by atoms with van der Waals surface area (Å²) in [5.74, 6) is -1.10. The lowest BCUT2D eigenvalue weighted by molar-refractivity contribution is -0.142. The lowest BCUT2D eigenvalue weighted by Gasteiger charge is -2.41. The molecular formula is C14H22N2O4. The van der Waals surface area contributed by atoms with E-state index in [-0.39, 0.29) is 24.8 Å². The number of aliphatic carboxylic acids is 1. The van der Waals surface area contributed by atoms with E-state index in [0.29, 0.717) is 25.8 Å². The molecule has 0 aromatic heterocycles. The Morgan fingerprint density at radius 1 is 1.20 bits per heavy atom. The van der Waals surface area contributed by atoms with Gasteiger partial charge in [-0.3, -0.25) is 14.4 Å². The molecule has 0 radical (unpaired) electrons. The highest BCUT2D eigenvalue weighted by atomic mass is 16.4. The van der Waals surface area contributed by atoms with Crippen LogP contribution < -0.4 is 5.32 Å². The molecule has 2 fully saturated rings. The molecule has 1 saturated carbocycles. The van der Waals surface area contributed by atoms with E-state index < -0.39 is 11.5 Å². The second kappa shape index (κ2) is 6.24. The summed E-state index contributed by atoms with van der Waals surface area (Å²) in [6, 6.07) is 0. The first-order valence-electron chi connectivity index (χ1n) is 7.31. The summed E-state index contributed by atoms with van der Waals surface area (Å²) in [4.78, 5) is 36.3. The zero-order chi connectivity index (χ0) is 14.6. The molecule has 0 bridgehead atoms. The van der Waals surface area contributed by atoms with Crippen LogP contribution in [0.2, 0.25) is 0 Å². The van der Waals surface area contributed by atoms with Crippen molar-refractivity contribution < 1.29 is 19.5 Å². The SMILES string of the molecule is O=C(O)CC1(NC(=O)CN2CCCCCC2=O)CCC1. The Morgan fingerprint density at radius 2 is 1.95 bits per heavy atom. The molecule has 6 heteroatoms. The van der Waals surface area contributed by atoms with Gasteiger partial charge in [0.1, 0.15) is 0 Å². The molecule has 1 heterocycles. The molecule has 2 rings (SSSR count). The summed E-state index contributed by atoms with van der Waals surface area (Å²) in [5.41, 5.74) is -0.586. The molecule has 2 amide bonds. The van der Waals surface area contributed by atoms with Crippen LogP contribution in [-0.4, -0.2) is 46.4 Å². The largest absolute Gasteiger partial charge is 0.481 e. The van der Waals surface area contributed by atoms with Crippen molar-refractivity contribution in [1.29, 1.82) is 0 Å². The van der Waals surface area contributed by atoms with Crippen molar-refractivity contribution in [3.05, 3.63) is 0 Å². The molecule has 2 N–H and O–H groups in total. The van der Waals surface area contributed by atoms with E-state index in [4.69, 9.17) is 5.11 Å². The Labute approximate surface area is 118 Å². The van der Waals surface area contributed by atoms with E-state index in [1.54, 1.807) is 4.90 Å². The first kappa shape index (κ1) is 14.8. The Balaban J connectivity index is 1.87. The van der Waals surface area contributed by atoms with Gasteiger partial charge in [-0.2, -0.15) is 0 Å². The number of hydrogen-bond acceptors (Lipinski definition) is 3. The molecule has 2 aliphatic rings. The molecule has 112 valence electrons. The minimum absolute atomic E-state index is 0.0264. The van der Waals surface area contributed by atoms with Crippen LogP contribution in [0.4, 0.5) is 0 Å². The standard InChI is InChI=1S/C14H22N2O4/c17-11(10-16-8-3-1-2-5-12(16)18)15-14(6-4-7-14)9-13(19)20/h1-10H2,(H,15,17)(H,19,20). The number of rotatable bonds is 5. The summed E-state index contributed by atoms with van der Waals surface area (Å²) >= 11 is 0. The van der Waals surface area contributed by atoms with Crippen molar-refractivity contribution in [2.75, 3.05) is 13.1 Å². The van der Waals surface area contributed by atoms with Crippen molar-refractivity contribution >= 4 is 17.8 Å². The van der Waals surface area contributed by atoms with Crippen molar-refractivity contribution in [1.82, 2.24) is 10.2 Å². The minimum Gasteiger partial charge on any atom is -0.481 e. The number of carbonyl (C=O) groups excluding carboxylic acids is 2. The predicted octanol–water partition coefficient (Wildman–Crippen LogP) is 0.903. The van der Waals surface area contributed by atoms with Gasteiger partial charge >= 0.3 is 5.97 Å². The highest BCUT2D eigenvalue weighted by Crippen LogP contribution is 2.34. The van der Waals surface area contributed by atoms with Crippen LogP contribution in [-0.2, 0) is 14.4 Å². The highest BCUT2D eigenvalue weighted by molar-refractivity contribution is 5.85. The third-order valence-corrected chi connectivity index (χ3v) is 4.21. The van der Waals surface area contributed by atoms with Gasteiger partial charge in [0.05, 0.1) is 18.5 Å². The van der Waals surface area contributed by atoms with Crippen LogP contribution in [0, 0.1) is 0 Å². The topological polar surface area (TPSA) is 86.7 Å². The number of nitrogens with zero attached hydrogens (tertiary/aromatic N) is 1. The lowest BCUT2D eigenvalue weighted by Crippen LogP contribution is -2.57. The van der Waals surface area contributed by atoms with Crippen LogP contribution in [0.3, 0.4) is 0 Å². The first-order valence-corrected chi connectivity index (χ1v) is 7.31. The second-order valence-electron chi connectivity index (χ2n) is 5.88. The van der Waals surface area contributed by atoms with Crippen LogP contribution in [0.15, 0.2) is 0 Å². The maximum absolute atomic E-state index is 12.1. The van der Waals surface area contributed by atoms with Crippen molar-refractivity contribution in [3.63, 3.8) is 0 Å². The molecule has 1 aliphatic carbocycles. The second-order valence-corrected chi connectivity index (χ2v) is 5.88. The predicted molar refractivity (Wildman–Crippen MR) is 72.0 cm³/mol. The average Bonchev–Trinajstić information content (AvgIpc) is 2.51. The van der Waals surface area contributed by atoms with Crippen molar-refractivity contribution in [3.8, 4) is 0 Å². The van der Waals surface area contributed by atoms with Gasteiger partial charge in [0.2, 0.25) is 11.8 Å². The average molecular weight is 282 g/mol. The quantitative estimate of drug-likeness (QED) is 0.784. The van der Waals surface area contributed by atoms with Gasteiger partial charge in [-0.05, 0) is 32.1 Å². The molecule has 0 spiro atoms. The Kier molecular flexibility index (Phi) is 4.62. The van der Waals surface area contributed by atoms with Gasteiger partial charge < -0.3 is 15.3 Å². The number of likely N-dealkylation sites (tertiary alicyclic amines) is 1. The van der Waals surface area contributed by atoms with E-state index >= 15 is 0 Å². The van der Waals surface area contributed by atoms with Crippen molar-refractivity contribution in [2.45, 2.75) is 56.9 Å². The lowest BCUT2D eigenvalue weighted by atomic mass is 9.74. The summed E-state index contributed by atoms with van der Waals surface area (Å²) in [7, 11) is 0. The number of carboxylic acid groups (broad SMARTS) is 1. The fourth-order valence-corrected chi connectivity index (χ4v) is 2.95. The number of carboxylic acids is 1. The number of carbonyl (C=O) groups is 3. The molecule has 20 heavy (non-hydrogen) atoms. The normalized spacial score (nSPS) is 21.8. The highest BCUT2D eigenvalue weighted by Gasteiger charge is 2.40. The van der Waals surface area contributed by atoms with Crippen LogP contribution >= 0.6 is 0 Å². The Hall–Kier alpha value is -1.59. The molecule has 0 atom stereocenters. The van der Waals surface area contributed by atoms with Gasteiger partial charge in [-0.1, -0.05) is 6.42 Å². The first-order chi connectivity index (χ1) is 9.51. The van der Waals surface area contributed by atoms with Gasteiger partial charge in [0.15, 0.2) is 0 Å². The van der Waals surface area contributed by atoms with Gasteiger partial charge in [-0.15, -0.1) is 0 Å². The fourth-order valence-electron chi connectivity index (χ4n) is 2.95. The molecule has 1 aliphatic heterocycles. The number of hydrogen-bond donors (Lipinski definition) is 2. The summed E-state index contributed by atoms with van der Waals surface area (Å²) in [6.07, 6.45) is 5.67. The number of amides is 2. The van der Waals surface area contributed by atoms with E-state index in [1.807, 2.05) is 0 Å². The van der Waals surface area contributed by atoms with Gasteiger partial charge in [0.25, 0.3) is 0 Å². The molecule has 0 unspecified atom stereocenters. The molecular weight excluding hydrogens is 260 g/mol. The van der Waals surface area contributed by atoms with Crippen molar-refractivity contribution in [2.24, 2.45) is 0 Å². The Bertz CT molecular complexity index is 404. The van der Waals surface area contributed by atoms with Crippen LogP contribution in [0.1, 0.15) is 51.4 Å². The van der Waals surface area contributed by atoms with Crippen LogP contribution in [0.25, 0.3) is 0 Å². The molecule has 0 aromatic carbocycles. The van der Waals surface area contributed by atoms with Crippen LogP contribution in [0.5, 0.6) is 0 Å². The molecule has 6 nitrogen and oxygen atoms in total. The van der Waals surface area contributed by atoms with E-state index in [2.05, 4.69) is 5.32 Å². The fraction of sp³-hybridized carbons (Fsp3) is 0.786. The summed E-state index contributed by atoms with van der Waals surface area (Å²) in [6.45, 7) is 0.679.